The minimum Gasteiger partial charge on any atom is -0.459 e. The van der Waals surface area contributed by atoms with Gasteiger partial charge in [-0.2, -0.15) is 4.31 Å². The lowest BCUT2D eigenvalue weighted by molar-refractivity contribution is -0.151. The van der Waals surface area contributed by atoms with Crippen LogP contribution in [0.5, 0.6) is 0 Å². The van der Waals surface area contributed by atoms with E-state index < -0.39 is 10.0 Å². The van der Waals surface area contributed by atoms with Crippen LogP contribution < -0.4 is 0 Å². The molecule has 1 aromatic carbocycles. The number of aryl methyl sites for hydroxylation is 2. The molecule has 1 fully saturated rings. The number of ether oxygens (including phenoxy) is 1. The highest BCUT2D eigenvalue weighted by Gasteiger charge is 2.33. The van der Waals surface area contributed by atoms with Gasteiger partial charge < -0.3 is 9.15 Å². The Balaban J connectivity index is 1.15. The number of carbonyl (C=O) groups excluding carboxylic acids is 1. The number of hydrogen-bond acceptors (Lipinski definition) is 7. The van der Waals surface area contributed by atoms with Crippen LogP contribution in [0, 0.1) is 5.92 Å². The number of fused-ring (bicyclic) bond motifs is 1. The molecule has 0 radical (unpaired) electrons. The van der Waals surface area contributed by atoms with Crippen LogP contribution in [-0.2, 0) is 39.0 Å². The van der Waals surface area contributed by atoms with E-state index in [-0.39, 0.29) is 18.5 Å². The van der Waals surface area contributed by atoms with Crippen LogP contribution >= 0.6 is 11.3 Å². The molecular weight excluding hydrogens is 448 g/mol. The number of hydrogen-bond donors (Lipinski definition) is 0. The van der Waals surface area contributed by atoms with E-state index in [0.717, 1.165) is 29.7 Å². The lowest BCUT2D eigenvalue weighted by Crippen LogP contribution is -2.40. The molecule has 168 valence electrons. The number of rotatable bonds is 6. The van der Waals surface area contributed by atoms with Crippen molar-refractivity contribution in [1.82, 2.24) is 9.29 Å². The van der Waals surface area contributed by atoms with E-state index in [1.807, 2.05) is 29.6 Å². The van der Waals surface area contributed by atoms with Gasteiger partial charge in [0.1, 0.15) is 18.6 Å². The Morgan fingerprint density at radius 2 is 2.00 bits per heavy atom. The van der Waals surface area contributed by atoms with Crippen molar-refractivity contribution in [2.24, 2.45) is 5.92 Å². The van der Waals surface area contributed by atoms with Crippen LogP contribution in [0.3, 0.4) is 0 Å². The van der Waals surface area contributed by atoms with Crippen LogP contribution in [0.2, 0.25) is 0 Å². The first kappa shape index (κ1) is 21.4. The van der Waals surface area contributed by atoms with E-state index in [1.54, 1.807) is 6.07 Å². The van der Waals surface area contributed by atoms with Crippen LogP contribution in [0.4, 0.5) is 0 Å². The Morgan fingerprint density at radius 3 is 2.78 bits per heavy atom. The van der Waals surface area contributed by atoms with E-state index in [4.69, 9.17) is 9.15 Å². The number of oxazole rings is 1. The van der Waals surface area contributed by atoms with Crippen molar-refractivity contribution in [3.8, 4) is 10.8 Å². The number of esters is 1. The molecule has 0 saturated carbocycles. The molecule has 3 heterocycles. The van der Waals surface area contributed by atoms with Gasteiger partial charge in [-0.25, -0.2) is 13.4 Å². The predicted molar refractivity (Wildman–Crippen MR) is 120 cm³/mol. The largest absolute Gasteiger partial charge is 0.459 e. The molecule has 0 unspecified atom stereocenters. The molecule has 5 rings (SSSR count). The Bertz CT molecular complexity index is 1210. The van der Waals surface area contributed by atoms with Crippen LogP contribution in [0.15, 0.2) is 51.3 Å². The molecule has 0 spiro atoms. The lowest BCUT2D eigenvalue weighted by atomic mass is 9.98. The smallest absolute Gasteiger partial charge is 0.309 e. The number of carbonyl (C=O) groups is 1. The minimum atomic E-state index is -3.55. The molecule has 1 aliphatic heterocycles. The summed E-state index contributed by atoms with van der Waals surface area (Å²) in [5, 5.41) is 1.94. The highest BCUT2D eigenvalue weighted by molar-refractivity contribution is 7.89. The Hall–Kier alpha value is -2.49. The van der Waals surface area contributed by atoms with E-state index in [0.29, 0.717) is 42.4 Å². The number of thiophene rings is 1. The average molecular weight is 473 g/mol. The minimum absolute atomic E-state index is 0.0430. The van der Waals surface area contributed by atoms with Crippen molar-refractivity contribution in [3.05, 3.63) is 58.8 Å². The maximum atomic E-state index is 13.1. The summed E-state index contributed by atoms with van der Waals surface area (Å²) >= 11 is 1.52. The van der Waals surface area contributed by atoms with Crippen molar-refractivity contribution < 1.29 is 22.4 Å². The van der Waals surface area contributed by atoms with E-state index >= 15 is 0 Å². The standard InChI is InChI=1S/C23H24N2O5S2/c26-23(30-15-19-14-29-22(24-19)21-5-2-12-31-21)17-8-10-25(11-9-17)32(27,28)20-7-6-16-3-1-4-18(16)13-20/h2,5-7,12-14,17H,1,3-4,8-11,15H2. The molecule has 2 aromatic heterocycles. The number of piperidine rings is 1. The summed E-state index contributed by atoms with van der Waals surface area (Å²) < 4.78 is 38.5. The highest BCUT2D eigenvalue weighted by atomic mass is 32.2. The van der Waals surface area contributed by atoms with Crippen molar-refractivity contribution >= 4 is 27.3 Å². The average Bonchev–Trinajstić information content (AvgIpc) is 3.58. The topological polar surface area (TPSA) is 89.7 Å². The fourth-order valence-corrected chi connectivity index (χ4v) is 6.52. The molecule has 2 aliphatic rings. The van der Waals surface area contributed by atoms with Gasteiger partial charge in [0.15, 0.2) is 0 Å². The lowest BCUT2D eigenvalue weighted by Gasteiger charge is -2.30. The Labute approximate surface area is 191 Å². The fraction of sp³-hybridized carbons (Fsp3) is 0.391. The first-order valence-electron chi connectivity index (χ1n) is 10.8. The van der Waals surface area contributed by atoms with Crippen LogP contribution in [-0.4, -0.2) is 36.8 Å². The van der Waals surface area contributed by atoms with Crippen molar-refractivity contribution in [2.45, 2.75) is 43.6 Å². The summed E-state index contributed by atoms with van der Waals surface area (Å²) in [4.78, 5) is 18.1. The van der Waals surface area contributed by atoms with Crippen molar-refractivity contribution in [2.75, 3.05) is 13.1 Å². The van der Waals surface area contributed by atoms with Gasteiger partial charge in [-0.1, -0.05) is 12.1 Å². The predicted octanol–water partition coefficient (Wildman–Crippen LogP) is 4.04. The molecule has 0 N–H and O–H groups in total. The zero-order chi connectivity index (χ0) is 22.1. The second-order valence-electron chi connectivity index (χ2n) is 8.19. The number of benzene rings is 1. The van der Waals surface area contributed by atoms with Gasteiger partial charge in [0.05, 0.1) is 15.7 Å². The molecule has 1 saturated heterocycles. The normalized spacial score (nSPS) is 17.4. The van der Waals surface area contributed by atoms with Gasteiger partial charge >= 0.3 is 5.97 Å². The molecular formula is C23H24N2O5S2. The molecule has 0 bridgehead atoms. The fourth-order valence-electron chi connectivity index (χ4n) is 4.34. The molecule has 7 nitrogen and oxygen atoms in total. The third kappa shape index (κ3) is 4.24. The molecule has 1 aliphatic carbocycles. The Morgan fingerprint density at radius 1 is 1.19 bits per heavy atom. The summed E-state index contributed by atoms with van der Waals surface area (Å²) in [7, 11) is -3.55. The van der Waals surface area contributed by atoms with Crippen LogP contribution in [0.1, 0.15) is 36.1 Å². The summed E-state index contributed by atoms with van der Waals surface area (Å²) in [5.41, 5.74) is 2.94. The first-order chi connectivity index (χ1) is 15.5. The Kier molecular flexibility index (Phi) is 5.88. The second kappa shape index (κ2) is 8.80. The molecule has 32 heavy (non-hydrogen) atoms. The van der Waals surface area contributed by atoms with Crippen molar-refractivity contribution in [1.29, 1.82) is 0 Å². The molecule has 0 amide bonds. The van der Waals surface area contributed by atoms with Crippen molar-refractivity contribution in [3.63, 3.8) is 0 Å². The van der Waals surface area contributed by atoms with E-state index in [2.05, 4.69) is 4.98 Å². The zero-order valence-electron chi connectivity index (χ0n) is 17.5. The van der Waals surface area contributed by atoms with E-state index in [9.17, 15) is 13.2 Å². The summed E-state index contributed by atoms with van der Waals surface area (Å²) in [6, 6.07) is 9.30. The molecule has 9 heteroatoms. The second-order valence-corrected chi connectivity index (χ2v) is 11.1. The third-order valence-corrected chi connectivity index (χ3v) is 8.89. The summed E-state index contributed by atoms with van der Waals surface area (Å²) in [6.07, 6.45) is 5.43. The van der Waals surface area contributed by atoms with Gasteiger partial charge in [-0.05, 0) is 66.8 Å². The molecule has 0 atom stereocenters. The zero-order valence-corrected chi connectivity index (χ0v) is 19.2. The number of nitrogens with zero attached hydrogens (tertiary/aromatic N) is 2. The summed E-state index contributed by atoms with van der Waals surface area (Å²) in [6.45, 7) is 0.665. The monoisotopic (exact) mass is 472 g/mol. The van der Waals surface area contributed by atoms with Crippen LogP contribution in [0.25, 0.3) is 10.8 Å². The van der Waals surface area contributed by atoms with Gasteiger partial charge in [-0.3, -0.25) is 4.79 Å². The highest BCUT2D eigenvalue weighted by Crippen LogP contribution is 2.29. The molecule has 3 aromatic rings. The SMILES string of the molecule is O=C(OCc1coc(-c2cccs2)n1)C1CCN(S(=O)(=O)c2ccc3c(c2)CCC3)CC1. The quantitative estimate of drug-likeness (QED) is 0.503. The van der Waals surface area contributed by atoms with Gasteiger partial charge in [0.25, 0.3) is 0 Å². The maximum Gasteiger partial charge on any atom is 0.309 e. The maximum absolute atomic E-state index is 13.1. The summed E-state index contributed by atoms with van der Waals surface area (Å²) in [5.74, 6) is -0.124. The number of sulfonamides is 1. The first-order valence-corrected chi connectivity index (χ1v) is 13.1. The van der Waals surface area contributed by atoms with Gasteiger partial charge in [0, 0.05) is 13.1 Å². The van der Waals surface area contributed by atoms with Gasteiger partial charge in [0.2, 0.25) is 15.9 Å². The van der Waals surface area contributed by atoms with E-state index in [1.165, 1.54) is 27.5 Å². The number of aromatic nitrogens is 1. The van der Waals surface area contributed by atoms with Gasteiger partial charge in [-0.15, -0.1) is 11.3 Å². The third-order valence-electron chi connectivity index (χ3n) is 6.14.